The number of nitrogens with one attached hydrogen (secondary N) is 1. The third-order valence-electron chi connectivity index (χ3n) is 6.73. The van der Waals surface area contributed by atoms with Crippen molar-refractivity contribution >= 4 is 15.7 Å². The summed E-state index contributed by atoms with van der Waals surface area (Å²) in [6.07, 6.45) is 6.70. The number of anilines is 1. The molecule has 2 aliphatic rings. The molecule has 1 aliphatic carbocycles. The predicted octanol–water partition coefficient (Wildman–Crippen LogP) is 3.16. The Labute approximate surface area is 188 Å². The maximum atomic E-state index is 13.1. The lowest BCUT2D eigenvalue weighted by Crippen LogP contribution is -2.50. The van der Waals surface area contributed by atoms with E-state index in [4.69, 9.17) is 0 Å². The minimum absolute atomic E-state index is 0.214. The Bertz CT molecular complexity index is 1260. The molecule has 1 fully saturated rings. The van der Waals surface area contributed by atoms with Crippen LogP contribution in [0.1, 0.15) is 35.2 Å². The molecule has 0 amide bonds. The van der Waals surface area contributed by atoms with Crippen molar-refractivity contribution in [2.24, 2.45) is 0 Å². The average Bonchev–Trinajstić information content (AvgIpc) is 3.47. The van der Waals surface area contributed by atoms with Gasteiger partial charge in [-0.05, 0) is 42.2 Å². The number of H-pyrrole nitrogens is 1. The zero-order valence-electron chi connectivity index (χ0n) is 17.9. The highest BCUT2D eigenvalue weighted by Crippen LogP contribution is 2.54. The molecule has 1 atom stereocenters. The fourth-order valence-electron chi connectivity index (χ4n) is 5.01. The summed E-state index contributed by atoms with van der Waals surface area (Å²) in [5.41, 5.74) is 4.18. The van der Waals surface area contributed by atoms with Crippen LogP contribution in [0.2, 0.25) is 0 Å². The molecule has 2 aromatic carbocycles. The first-order valence-corrected chi connectivity index (χ1v) is 12.5. The van der Waals surface area contributed by atoms with Gasteiger partial charge in [-0.2, -0.15) is 9.57 Å². The third kappa shape index (κ3) is 3.68. The van der Waals surface area contributed by atoms with E-state index in [1.807, 2.05) is 36.5 Å². The summed E-state index contributed by atoms with van der Waals surface area (Å²) in [5.74, 6) is 0. The number of nitrogens with zero attached hydrogens (tertiary/aromatic N) is 4. The molecule has 1 aromatic heterocycles. The van der Waals surface area contributed by atoms with Gasteiger partial charge in [-0.25, -0.2) is 13.4 Å². The summed E-state index contributed by atoms with van der Waals surface area (Å²) in [5, 5.41) is 9.44. The maximum Gasteiger partial charge on any atom is 0.211 e. The van der Waals surface area contributed by atoms with E-state index in [1.54, 1.807) is 16.7 Å². The minimum Gasteiger partial charge on any atom is -0.364 e. The quantitative estimate of drug-likeness (QED) is 0.649. The van der Waals surface area contributed by atoms with Gasteiger partial charge in [0.25, 0.3) is 0 Å². The molecule has 3 aromatic rings. The lowest BCUT2D eigenvalue weighted by atomic mass is 9.87. The van der Waals surface area contributed by atoms with E-state index in [0.717, 1.165) is 29.8 Å². The fourth-order valence-corrected chi connectivity index (χ4v) is 6.11. The van der Waals surface area contributed by atoms with Crippen LogP contribution >= 0.6 is 0 Å². The number of benzene rings is 2. The van der Waals surface area contributed by atoms with Gasteiger partial charge in [0, 0.05) is 30.4 Å². The van der Waals surface area contributed by atoms with Crippen molar-refractivity contribution in [1.29, 1.82) is 5.26 Å². The second-order valence-corrected chi connectivity index (χ2v) is 10.7. The Kier molecular flexibility index (Phi) is 5.03. The zero-order valence-corrected chi connectivity index (χ0v) is 18.7. The Hall–Kier alpha value is -3.15. The molecular formula is C24H25N5O2S. The molecule has 0 unspecified atom stereocenters. The summed E-state index contributed by atoms with van der Waals surface area (Å²) in [7, 11) is -3.50. The van der Waals surface area contributed by atoms with E-state index >= 15 is 0 Å². The summed E-state index contributed by atoms with van der Waals surface area (Å²) < 4.78 is 27.8. The van der Waals surface area contributed by atoms with Crippen molar-refractivity contribution in [2.75, 3.05) is 17.7 Å². The van der Waals surface area contributed by atoms with Gasteiger partial charge in [-0.15, -0.1) is 0 Å². The molecule has 164 valence electrons. The average molecular weight is 448 g/mol. The topological polar surface area (TPSA) is 93.1 Å². The third-order valence-corrected chi connectivity index (χ3v) is 7.96. The molecule has 2 heterocycles. The summed E-state index contributed by atoms with van der Waals surface area (Å²) >= 11 is 0. The van der Waals surface area contributed by atoms with E-state index in [2.05, 4.69) is 33.1 Å². The van der Waals surface area contributed by atoms with Crippen LogP contribution in [0.5, 0.6) is 0 Å². The maximum absolute atomic E-state index is 13.1. The smallest absolute Gasteiger partial charge is 0.211 e. The summed E-state index contributed by atoms with van der Waals surface area (Å²) in [6, 6.07) is 17.8. The van der Waals surface area contributed by atoms with Crippen LogP contribution in [-0.4, -0.2) is 41.5 Å². The van der Waals surface area contributed by atoms with E-state index in [1.165, 1.54) is 11.8 Å². The molecule has 5 rings (SSSR count). The molecule has 0 saturated heterocycles. The number of hydrogen-bond acceptors (Lipinski definition) is 5. The van der Waals surface area contributed by atoms with Crippen molar-refractivity contribution < 1.29 is 8.42 Å². The van der Waals surface area contributed by atoms with Crippen molar-refractivity contribution in [3.05, 3.63) is 83.4 Å². The van der Waals surface area contributed by atoms with E-state index in [9.17, 15) is 13.7 Å². The Morgan fingerprint density at radius 2 is 2.00 bits per heavy atom. The van der Waals surface area contributed by atoms with Gasteiger partial charge >= 0.3 is 0 Å². The van der Waals surface area contributed by atoms with Crippen molar-refractivity contribution in [2.45, 2.75) is 37.4 Å². The Morgan fingerprint density at radius 1 is 1.22 bits per heavy atom. The first kappa shape index (κ1) is 20.7. The molecular weight excluding hydrogens is 422 g/mol. The van der Waals surface area contributed by atoms with Crippen molar-refractivity contribution in [3.8, 4) is 6.07 Å². The van der Waals surface area contributed by atoms with Crippen LogP contribution in [-0.2, 0) is 28.5 Å². The molecule has 32 heavy (non-hydrogen) atoms. The number of fused-ring (bicyclic) bond motifs is 1. The van der Waals surface area contributed by atoms with Crippen molar-refractivity contribution in [3.63, 3.8) is 0 Å². The van der Waals surface area contributed by atoms with Gasteiger partial charge < -0.3 is 9.88 Å². The van der Waals surface area contributed by atoms with Crippen LogP contribution in [0.3, 0.4) is 0 Å². The predicted molar refractivity (Wildman–Crippen MR) is 122 cm³/mol. The van der Waals surface area contributed by atoms with Gasteiger partial charge in [-0.1, -0.05) is 30.3 Å². The zero-order chi connectivity index (χ0) is 22.3. The van der Waals surface area contributed by atoms with Crippen LogP contribution in [0.15, 0.2) is 61.1 Å². The summed E-state index contributed by atoms with van der Waals surface area (Å²) in [4.78, 5) is 9.61. The molecule has 1 aliphatic heterocycles. The number of sulfonamides is 1. The number of hydrogen-bond donors (Lipinski definition) is 1. The van der Waals surface area contributed by atoms with Gasteiger partial charge in [0.15, 0.2) is 0 Å². The number of aromatic nitrogens is 2. The monoisotopic (exact) mass is 447 g/mol. The minimum atomic E-state index is -3.50. The largest absolute Gasteiger partial charge is 0.364 e. The summed E-state index contributed by atoms with van der Waals surface area (Å²) in [6.45, 7) is 1.36. The van der Waals surface area contributed by atoms with Crippen LogP contribution in [0.4, 0.5) is 5.69 Å². The molecule has 0 bridgehead atoms. The van der Waals surface area contributed by atoms with Gasteiger partial charge in [-0.3, -0.25) is 0 Å². The van der Waals surface area contributed by atoms with Gasteiger partial charge in [0.1, 0.15) is 0 Å². The van der Waals surface area contributed by atoms with Crippen molar-refractivity contribution in [1.82, 2.24) is 14.3 Å². The second-order valence-electron chi connectivity index (χ2n) is 8.74. The first-order valence-electron chi connectivity index (χ1n) is 10.7. The molecule has 1 N–H and O–H groups in total. The molecule has 7 nitrogen and oxygen atoms in total. The highest BCUT2D eigenvalue weighted by molar-refractivity contribution is 7.88. The highest BCUT2D eigenvalue weighted by atomic mass is 32.2. The van der Waals surface area contributed by atoms with Gasteiger partial charge in [0.2, 0.25) is 10.0 Å². The number of imidazole rings is 1. The SMILES string of the molecule is CS(=O)(=O)N1Cc2cc(C#N)ccc2N(Cc2c[nH]cn2)C[C@@H]1C1(c2ccccc2)CC1. The first-order chi connectivity index (χ1) is 15.4. The lowest BCUT2D eigenvalue weighted by molar-refractivity contribution is 0.269. The Balaban J connectivity index is 1.64. The highest BCUT2D eigenvalue weighted by Gasteiger charge is 2.55. The molecule has 1 saturated carbocycles. The van der Waals surface area contributed by atoms with E-state index in [0.29, 0.717) is 18.7 Å². The van der Waals surface area contributed by atoms with Gasteiger partial charge in [0.05, 0.1) is 42.5 Å². The number of rotatable bonds is 5. The second kappa shape index (κ2) is 7.76. The molecule has 0 radical (unpaired) electrons. The van der Waals surface area contributed by atoms with Crippen LogP contribution in [0, 0.1) is 11.3 Å². The van der Waals surface area contributed by atoms with E-state index < -0.39 is 10.0 Å². The number of nitriles is 1. The van der Waals surface area contributed by atoms with E-state index in [-0.39, 0.29) is 18.0 Å². The fraction of sp³-hybridized carbons (Fsp3) is 0.333. The normalized spacial score (nSPS) is 20.2. The Morgan fingerprint density at radius 3 is 2.62 bits per heavy atom. The van der Waals surface area contributed by atoms with Crippen LogP contribution < -0.4 is 4.90 Å². The molecule has 0 spiro atoms. The molecule has 8 heteroatoms. The number of aromatic amines is 1. The standard InChI is InChI=1S/C24H25N5O2S/c1-32(30,31)29-14-19-11-18(12-25)7-8-22(19)28(15-21-13-26-17-27-21)16-23(29)24(9-10-24)20-5-3-2-4-6-20/h2-8,11,13,17,23H,9-10,14-16H2,1H3,(H,26,27)/t23-/m1/s1. The lowest BCUT2D eigenvalue weighted by Gasteiger charge is -2.37. The van der Waals surface area contributed by atoms with Crippen LogP contribution in [0.25, 0.3) is 0 Å².